The zero-order valence-electron chi connectivity index (χ0n) is 9.67. The van der Waals surface area contributed by atoms with Crippen molar-refractivity contribution in [3.8, 4) is 0 Å². The van der Waals surface area contributed by atoms with E-state index in [9.17, 15) is 16.8 Å². The van der Waals surface area contributed by atoms with Crippen molar-refractivity contribution >= 4 is 29.6 Å². The van der Waals surface area contributed by atoms with Gasteiger partial charge in [-0.3, -0.25) is 0 Å². The molecule has 0 N–H and O–H groups in total. The number of aromatic nitrogens is 3. The van der Waals surface area contributed by atoms with Crippen LogP contribution in [0.15, 0.2) is 5.16 Å². The van der Waals surface area contributed by atoms with E-state index in [1.807, 2.05) is 0 Å². The minimum Gasteiger partial charge on any atom is -0.303 e. The van der Waals surface area contributed by atoms with Gasteiger partial charge in [-0.25, -0.2) is 16.8 Å². The van der Waals surface area contributed by atoms with Crippen LogP contribution < -0.4 is 0 Å². The molecule has 0 aliphatic rings. The fourth-order valence-electron chi connectivity index (χ4n) is 1.22. The molecule has 0 bridgehead atoms. The van der Waals surface area contributed by atoms with E-state index in [-0.39, 0.29) is 5.82 Å². The topological polar surface area (TPSA) is 99.0 Å². The van der Waals surface area contributed by atoms with Crippen molar-refractivity contribution in [2.24, 2.45) is 7.05 Å². The summed E-state index contributed by atoms with van der Waals surface area (Å²) in [5.74, 6) is 0.0132. The van der Waals surface area contributed by atoms with Crippen molar-refractivity contribution in [3.63, 3.8) is 0 Å². The third kappa shape index (κ3) is 2.45. The lowest BCUT2D eigenvalue weighted by Crippen LogP contribution is -2.31. The van der Waals surface area contributed by atoms with Crippen molar-refractivity contribution in [3.05, 3.63) is 5.82 Å². The van der Waals surface area contributed by atoms with Crippen LogP contribution in [0.4, 0.5) is 0 Å². The van der Waals surface area contributed by atoms with Gasteiger partial charge in [-0.05, 0) is 13.8 Å². The van der Waals surface area contributed by atoms with Gasteiger partial charge in [0.2, 0.25) is 0 Å². The summed E-state index contributed by atoms with van der Waals surface area (Å²) in [6.45, 7) is 2.83. The first-order valence-electron chi connectivity index (χ1n) is 4.43. The third-order valence-corrected chi connectivity index (χ3v) is 5.76. The SMILES string of the molecule is Cn1c(C(C)(C)S(C)(=O)=O)nnc1S(=O)(=O)Cl. The van der Waals surface area contributed by atoms with Crippen LogP contribution >= 0.6 is 10.7 Å². The Hall–Kier alpha value is -0.670. The van der Waals surface area contributed by atoms with Gasteiger partial charge in [0.25, 0.3) is 14.2 Å². The highest BCUT2D eigenvalue weighted by molar-refractivity contribution is 8.13. The van der Waals surface area contributed by atoms with Crippen LogP contribution in [0, 0.1) is 0 Å². The fourth-order valence-corrected chi connectivity index (χ4v) is 2.68. The maximum Gasteiger partial charge on any atom is 0.296 e. The van der Waals surface area contributed by atoms with Crippen LogP contribution in [-0.2, 0) is 30.7 Å². The van der Waals surface area contributed by atoms with Gasteiger partial charge in [-0.15, -0.1) is 10.2 Å². The van der Waals surface area contributed by atoms with Crippen molar-refractivity contribution in [1.29, 1.82) is 0 Å². The molecule has 0 aliphatic carbocycles. The third-order valence-electron chi connectivity index (χ3n) is 2.52. The highest BCUT2D eigenvalue weighted by Gasteiger charge is 2.38. The maximum atomic E-state index is 11.6. The molecule has 17 heavy (non-hydrogen) atoms. The van der Waals surface area contributed by atoms with E-state index >= 15 is 0 Å². The Bertz CT molecular complexity index is 645. The van der Waals surface area contributed by atoms with Crippen LogP contribution in [0.25, 0.3) is 0 Å². The smallest absolute Gasteiger partial charge is 0.296 e. The van der Waals surface area contributed by atoms with Crippen LogP contribution in [0.3, 0.4) is 0 Å². The normalized spacial score (nSPS) is 13.9. The number of halogens is 1. The molecule has 0 aromatic carbocycles. The summed E-state index contributed by atoms with van der Waals surface area (Å²) < 4.78 is 45.2. The van der Waals surface area contributed by atoms with Gasteiger partial charge in [0.05, 0.1) is 0 Å². The zero-order chi connectivity index (χ0) is 13.6. The number of nitrogens with zero attached hydrogens (tertiary/aromatic N) is 3. The van der Waals surface area contributed by atoms with Crippen molar-refractivity contribution < 1.29 is 16.8 Å². The zero-order valence-corrected chi connectivity index (χ0v) is 12.1. The highest BCUT2D eigenvalue weighted by atomic mass is 35.7. The van der Waals surface area contributed by atoms with Crippen molar-refractivity contribution in [1.82, 2.24) is 14.8 Å². The Morgan fingerprint density at radius 1 is 1.18 bits per heavy atom. The second-order valence-electron chi connectivity index (χ2n) is 4.09. The van der Waals surface area contributed by atoms with E-state index in [1.165, 1.54) is 20.9 Å². The molecule has 7 nitrogen and oxygen atoms in total. The minimum absolute atomic E-state index is 0.0132. The number of rotatable bonds is 3. The molecule has 0 saturated carbocycles. The van der Waals surface area contributed by atoms with E-state index < -0.39 is 28.8 Å². The van der Waals surface area contributed by atoms with E-state index in [0.29, 0.717) is 0 Å². The molecule has 0 unspecified atom stereocenters. The second-order valence-corrected chi connectivity index (χ2v) is 9.11. The van der Waals surface area contributed by atoms with Gasteiger partial charge in [0.15, 0.2) is 15.7 Å². The van der Waals surface area contributed by atoms with E-state index in [2.05, 4.69) is 10.2 Å². The van der Waals surface area contributed by atoms with Gasteiger partial charge >= 0.3 is 0 Å². The molecule has 0 amide bonds. The van der Waals surface area contributed by atoms with Gasteiger partial charge in [0, 0.05) is 24.0 Å². The van der Waals surface area contributed by atoms with E-state index in [4.69, 9.17) is 10.7 Å². The summed E-state index contributed by atoms with van der Waals surface area (Å²) in [7, 11) is -1.04. The molecular formula is C7H12ClN3O4S2. The lowest BCUT2D eigenvalue weighted by atomic mass is 10.2. The Balaban J connectivity index is 3.54. The lowest BCUT2D eigenvalue weighted by Gasteiger charge is -2.20. The predicted octanol–water partition coefficient (Wildman–Crippen LogP) is 0.0223. The summed E-state index contributed by atoms with van der Waals surface area (Å²) in [4.78, 5) is 0. The molecule has 0 fully saturated rings. The summed E-state index contributed by atoms with van der Waals surface area (Å²) in [6, 6.07) is 0. The van der Waals surface area contributed by atoms with E-state index in [1.54, 1.807) is 0 Å². The highest BCUT2D eigenvalue weighted by Crippen LogP contribution is 2.28. The fraction of sp³-hybridized carbons (Fsp3) is 0.714. The molecule has 1 aromatic heterocycles. The molecule has 1 aromatic rings. The standard InChI is InChI=1S/C7H12ClN3O4S2/c1-7(2,16(4,12)13)5-9-10-6(11(5)3)17(8,14)15/h1-4H3. The molecule has 98 valence electrons. The Labute approximate surface area is 104 Å². The first-order valence-corrected chi connectivity index (χ1v) is 8.63. The Morgan fingerprint density at radius 3 is 1.94 bits per heavy atom. The van der Waals surface area contributed by atoms with Gasteiger partial charge in [-0.2, -0.15) is 0 Å². The van der Waals surface area contributed by atoms with Gasteiger partial charge in [-0.1, -0.05) is 0 Å². The average Bonchev–Trinajstić information content (AvgIpc) is 2.43. The largest absolute Gasteiger partial charge is 0.303 e. The molecule has 1 heterocycles. The quantitative estimate of drug-likeness (QED) is 0.730. The molecule has 0 atom stereocenters. The first-order chi connectivity index (χ1) is 7.39. The van der Waals surface area contributed by atoms with Crippen LogP contribution in [0.5, 0.6) is 0 Å². The van der Waals surface area contributed by atoms with Crippen molar-refractivity contribution in [2.75, 3.05) is 6.26 Å². The average molecular weight is 302 g/mol. The van der Waals surface area contributed by atoms with Crippen molar-refractivity contribution in [2.45, 2.75) is 23.8 Å². The Morgan fingerprint density at radius 2 is 1.65 bits per heavy atom. The summed E-state index contributed by atoms with van der Waals surface area (Å²) in [6.07, 6.45) is 1.04. The molecule has 10 heteroatoms. The summed E-state index contributed by atoms with van der Waals surface area (Å²) in [5.41, 5.74) is 0. The summed E-state index contributed by atoms with van der Waals surface area (Å²) >= 11 is 0. The molecule has 0 aliphatic heterocycles. The van der Waals surface area contributed by atoms with E-state index in [0.717, 1.165) is 10.8 Å². The Kier molecular flexibility index (Phi) is 3.32. The second kappa shape index (κ2) is 3.92. The number of hydrogen-bond donors (Lipinski definition) is 0. The van der Waals surface area contributed by atoms with Gasteiger partial charge in [0.1, 0.15) is 4.75 Å². The molecule has 0 radical (unpaired) electrons. The van der Waals surface area contributed by atoms with Crippen LogP contribution in [-0.4, -0.2) is 37.9 Å². The van der Waals surface area contributed by atoms with Crippen LogP contribution in [0.1, 0.15) is 19.7 Å². The lowest BCUT2D eigenvalue weighted by molar-refractivity contribution is 0.534. The number of hydrogen-bond acceptors (Lipinski definition) is 6. The maximum absolute atomic E-state index is 11.6. The molecular weight excluding hydrogens is 290 g/mol. The monoisotopic (exact) mass is 301 g/mol. The molecule has 0 saturated heterocycles. The first kappa shape index (κ1) is 14.4. The molecule has 0 spiro atoms. The number of sulfone groups is 1. The van der Waals surface area contributed by atoms with Gasteiger partial charge < -0.3 is 4.57 Å². The minimum atomic E-state index is -4.05. The summed E-state index contributed by atoms with van der Waals surface area (Å²) in [5, 5.41) is 6.51. The predicted molar refractivity (Wildman–Crippen MR) is 61.9 cm³/mol. The molecule has 1 rings (SSSR count). The van der Waals surface area contributed by atoms with Crippen LogP contribution in [0.2, 0.25) is 0 Å².